The first-order chi connectivity index (χ1) is 7.16. The molecule has 0 aliphatic carbocycles. The lowest BCUT2D eigenvalue weighted by molar-refractivity contribution is 0.0701. The van der Waals surface area contributed by atoms with Gasteiger partial charge in [0, 0.05) is 0 Å². The topological polar surface area (TPSA) is 80.9 Å². The number of hydrogen-bond donors (Lipinski definition) is 1. The fourth-order valence-corrected chi connectivity index (χ4v) is 2.07. The molecule has 0 aliphatic rings. The molecule has 6 nitrogen and oxygen atoms in total. The quantitative estimate of drug-likeness (QED) is 0.833. The Morgan fingerprint density at radius 3 is 3.00 bits per heavy atom. The normalized spacial score (nSPS) is 10.5. The van der Waals surface area contributed by atoms with Gasteiger partial charge in [-0.1, -0.05) is 0 Å². The molecule has 0 saturated heterocycles. The lowest BCUT2D eigenvalue weighted by Gasteiger charge is -1.93. The van der Waals surface area contributed by atoms with Gasteiger partial charge in [0.05, 0.1) is 12.2 Å². The number of carboxylic acids is 1. The summed E-state index contributed by atoms with van der Waals surface area (Å²) in [6, 6.07) is 0. The van der Waals surface area contributed by atoms with Crippen LogP contribution in [0.2, 0.25) is 0 Å². The molecule has 0 fully saturated rings. The Hall–Kier alpha value is -1.76. The second-order valence-electron chi connectivity index (χ2n) is 2.92. The molecule has 2 aromatic heterocycles. The third kappa shape index (κ3) is 2.01. The van der Waals surface area contributed by atoms with Gasteiger partial charge in [-0.25, -0.2) is 19.4 Å². The molecule has 7 heteroatoms. The Kier molecular flexibility index (Phi) is 2.46. The maximum absolute atomic E-state index is 10.8. The average Bonchev–Trinajstić information content (AvgIpc) is 2.75. The molecule has 15 heavy (non-hydrogen) atoms. The Morgan fingerprint density at radius 1 is 1.67 bits per heavy atom. The van der Waals surface area contributed by atoms with Crippen molar-refractivity contribution in [2.24, 2.45) is 0 Å². The van der Waals surface area contributed by atoms with Crippen LogP contribution in [0.1, 0.15) is 20.4 Å². The molecule has 0 saturated carbocycles. The number of hydrogen-bond acceptors (Lipinski definition) is 5. The van der Waals surface area contributed by atoms with E-state index >= 15 is 0 Å². The third-order valence-corrected chi connectivity index (χ3v) is 2.93. The molecule has 0 amide bonds. The fourth-order valence-electron chi connectivity index (χ4n) is 1.17. The highest BCUT2D eigenvalue weighted by molar-refractivity contribution is 7.13. The van der Waals surface area contributed by atoms with Crippen LogP contribution in [0, 0.1) is 6.92 Å². The van der Waals surface area contributed by atoms with Gasteiger partial charge in [-0.2, -0.15) is 5.10 Å². The second-order valence-corrected chi connectivity index (χ2v) is 4.00. The van der Waals surface area contributed by atoms with Crippen LogP contribution >= 0.6 is 11.3 Å². The number of aromatic nitrogens is 4. The second kappa shape index (κ2) is 3.77. The van der Waals surface area contributed by atoms with Crippen LogP contribution in [-0.2, 0) is 6.54 Å². The number of aryl methyl sites for hydroxylation is 1. The minimum absolute atomic E-state index is 0.283. The first kappa shape index (κ1) is 9.78. The van der Waals surface area contributed by atoms with E-state index in [0.29, 0.717) is 12.2 Å². The van der Waals surface area contributed by atoms with Crippen molar-refractivity contribution >= 4 is 17.3 Å². The van der Waals surface area contributed by atoms with Crippen molar-refractivity contribution in [3.05, 3.63) is 28.2 Å². The van der Waals surface area contributed by atoms with E-state index in [2.05, 4.69) is 15.1 Å². The summed E-state index contributed by atoms with van der Waals surface area (Å²) in [6.45, 7) is 2.14. The lowest BCUT2D eigenvalue weighted by Crippen LogP contribution is -1.99. The molecule has 2 rings (SSSR count). The first-order valence-corrected chi connectivity index (χ1v) is 5.00. The summed E-state index contributed by atoms with van der Waals surface area (Å²) in [5.41, 5.74) is 0.544. The first-order valence-electron chi connectivity index (χ1n) is 4.19. The average molecular weight is 224 g/mol. The van der Waals surface area contributed by atoms with E-state index < -0.39 is 5.97 Å². The minimum Gasteiger partial charge on any atom is -0.477 e. The van der Waals surface area contributed by atoms with Gasteiger partial charge >= 0.3 is 5.97 Å². The molecule has 0 radical (unpaired) electrons. The van der Waals surface area contributed by atoms with E-state index in [-0.39, 0.29) is 4.88 Å². The standard InChI is InChI=1S/C8H8N4O2S/c1-5-7(8(13)14)15-6(11-5)2-12-4-9-3-10-12/h3-4H,2H2,1H3,(H,13,14). The van der Waals surface area contributed by atoms with Gasteiger partial charge in [0.1, 0.15) is 22.5 Å². The SMILES string of the molecule is Cc1nc(Cn2cncn2)sc1C(=O)O. The molecular formula is C8H8N4O2S. The summed E-state index contributed by atoms with van der Waals surface area (Å²) in [5.74, 6) is -0.935. The summed E-state index contributed by atoms with van der Waals surface area (Å²) in [4.78, 5) is 19.0. The highest BCUT2D eigenvalue weighted by atomic mass is 32.1. The molecule has 0 spiro atoms. The van der Waals surface area contributed by atoms with Gasteiger partial charge in [-0.05, 0) is 6.92 Å². The van der Waals surface area contributed by atoms with E-state index in [9.17, 15) is 4.79 Å². The molecule has 0 aliphatic heterocycles. The molecule has 0 aromatic carbocycles. The van der Waals surface area contributed by atoms with Crippen molar-refractivity contribution in [1.82, 2.24) is 19.7 Å². The van der Waals surface area contributed by atoms with Crippen LogP contribution in [0.15, 0.2) is 12.7 Å². The molecule has 2 heterocycles. The number of nitrogens with zero attached hydrogens (tertiary/aromatic N) is 4. The van der Waals surface area contributed by atoms with E-state index in [1.54, 1.807) is 17.9 Å². The number of aromatic carboxylic acids is 1. The Bertz CT molecular complexity index is 477. The summed E-state index contributed by atoms with van der Waals surface area (Å²) in [7, 11) is 0. The van der Waals surface area contributed by atoms with Gasteiger partial charge in [-0.15, -0.1) is 11.3 Å². The predicted octanol–water partition coefficient (Wildman–Crippen LogP) is 0.790. The number of carboxylic acid groups (broad SMARTS) is 1. The van der Waals surface area contributed by atoms with Crippen molar-refractivity contribution < 1.29 is 9.90 Å². The number of thiazole rings is 1. The van der Waals surface area contributed by atoms with Gasteiger partial charge in [-0.3, -0.25) is 0 Å². The van der Waals surface area contributed by atoms with E-state index in [4.69, 9.17) is 5.11 Å². The highest BCUT2D eigenvalue weighted by Crippen LogP contribution is 2.18. The van der Waals surface area contributed by atoms with Crippen molar-refractivity contribution in [1.29, 1.82) is 0 Å². The van der Waals surface area contributed by atoms with Crippen LogP contribution in [0.4, 0.5) is 0 Å². The fraction of sp³-hybridized carbons (Fsp3) is 0.250. The molecular weight excluding hydrogens is 216 g/mol. The molecule has 0 unspecified atom stereocenters. The summed E-state index contributed by atoms with van der Waals surface area (Å²) >= 11 is 1.17. The Labute approximate surface area is 89.2 Å². The van der Waals surface area contributed by atoms with Crippen LogP contribution < -0.4 is 0 Å². The van der Waals surface area contributed by atoms with E-state index in [1.807, 2.05) is 0 Å². The van der Waals surface area contributed by atoms with Crippen molar-refractivity contribution in [3.8, 4) is 0 Å². The number of rotatable bonds is 3. The van der Waals surface area contributed by atoms with Crippen LogP contribution in [0.5, 0.6) is 0 Å². The number of carbonyl (C=O) groups is 1. The molecule has 0 bridgehead atoms. The predicted molar refractivity (Wildman–Crippen MR) is 52.9 cm³/mol. The highest BCUT2D eigenvalue weighted by Gasteiger charge is 2.13. The van der Waals surface area contributed by atoms with Gasteiger partial charge in [0.15, 0.2) is 0 Å². The van der Waals surface area contributed by atoms with Crippen molar-refractivity contribution in [2.75, 3.05) is 0 Å². The molecule has 1 N–H and O–H groups in total. The summed E-state index contributed by atoms with van der Waals surface area (Å²) in [5, 5.41) is 13.5. The minimum atomic E-state index is -0.935. The van der Waals surface area contributed by atoms with Crippen LogP contribution in [-0.4, -0.2) is 30.8 Å². The zero-order valence-corrected chi connectivity index (χ0v) is 8.73. The van der Waals surface area contributed by atoms with Crippen LogP contribution in [0.25, 0.3) is 0 Å². The van der Waals surface area contributed by atoms with Crippen molar-refractivity contribution in [3.63, 3.8) is 0 Å². The summed E-state index contributed by atoms with van der Waals surface area (Å²) in [6.07, 6.45) is 3.00. The monoisotopic (exact) mass is 224 g/mol. The van der Waals surface area contributed by atoms with Gasteiger partial charge in [0.25, 0.3) is 0 Å². The van der Waals surface area contributed by atoms with E-state index in [0.717, 1.165) is 5.01 Å². The van der Waals surface area contributed by atoms with Gasteiger partial charge in [0.2, 0.25) is 0 Å². The van der Waals surface area contributed by atoms with Crippen molar-refractivity contribution in [2.45, 2.75) is 13.5 Å². The van der Waals surface area contributed by atoms with Gasteiger partial charge < -0.3 is 5.11 Å². The smallest absolute Gasteiger partial charge is 0.347 e. The maximum atomic E-state index is 10.8. The van der Waals surface area contributed by atoms with E-state index in [1.165, 1.54) is 17.7 Å². The lowest BCUT2D eigenvalue weighted by atomic mass is 10.4. The largest absolute Gasteiger partial charge is 0.477 e. The maximum Gasteiger partial charge on any atom is 0.347 e. The third-order valence-electron chi connectivity index (χ3n) is 1.80. The Balaban J connectivity index is 2.23. The summed E-state index contributed by atoms with van der Waals surface area (Å²) < 4.78 is 1.60. The molecule has 2 aromatic rings. The molecule has 0 atom stereocenters. The van der Waals surface area contributed by atoms with Crippen LogP contribution in [0.3, 0.4) is 0 Å². The zero-order chi connectivity index (χ0) is 10.8. The molecule has 78 valence electrons. The Morgan fingerprint density at radius 2 is 2.47 bits per heavy atom. The zero-order valence-electron chi connectivity index (χ0n) is 7.91.